The first-order valence-electron chi connectivity index (χ1n) is 11.4. The maximum Gasteiger partial charge on any atom is 0.261 e. The quantitative estimate of drug-likeness (QED) is 0.534. The number of carbonyl (C=O) groups is 2. The van der Waals surface area contributed by atoms with Crippen molar-refractivity contribution in [1.82, 2.24) is 10.2 Å². The van der Waals surface area contributed by atoms with E-state index in [4.69, 9.17) is 4.74 Å². The summed E-state index contributed by atoms with van der Waals surface area (Å²) in [6.45, 7) is 6.09. The Kier molecular flexibility index (Phi) is 8.74. The van der Waals surface area contributed by atoms with Gasteiger partial charge in [0.1, 0.15) is 11.8 Å². The van der Waals surface area contributed by atoms with Crippen LogP contribution in [-0.2, 0) is 16.1 Å². The molecule has 1 aliphatic carbocycles. The van der Waals surface area contributed by atoms with Gasteiger partial charge in [-0.1, -0.05) is 53.4 Å². The fraction of sp³-hybridized carbons (Fsp3) is 0.462. The Labute approximate surface area is 199 Å². The zero-order chi connectivity index (χ0) is 23.1. The van der Waals surface area contributed by atoms with Crippen LogP contribution in [0.4, 0.5) is 0 Å². The number of halogens is 1. The average molecular weight is 501 g/mol. The van der Waals surface area contributed by atoms with E-state index in [2.05, 4.69) is 21.2 Å². The number of rotatable bonds is 8. The van der Waals surface area contributed by atoms with E-state index < -0.39 is 6.04 Å². The molecule has 0 radical (unpaired) electrons. The van der Waals surface area contributed by atoms with Crippen LogP contribution < -0.4 is 10.1 Å². The van der Waals surface area contributed by atoms with Crippen molar-refractivity contribution in [2.75, 3.05) is 6.61 Å². The second-order valence-electron chi connectivity index (χ2n) is 8.70. The fourth-order valence-corrected chi connectivity index (χ4v) is 4.23. The first kappa shape index (κ1) is 24.3. The molecule has 0 aliphatic heterocycles. The molecule has 1 saturated carbocycles. The van der Waals surface area contributed by atoms with Gasteiger partial charge < -0.3 is 15.0 Å². The molecule has 1 unspecified atom stereocenters. The van der Waals surface area contributed by atoms with E-state index in [0.29, 0.717) is 12.3 Å². The van der Waals surface area contributed by atoms with Gasteiger partial charge in [-0.25, -0.2) is 0 Å². The molecule has 0 heterocycles. The lowest BCUT2D eigenvalue weighted by Crippen LogP contribution is -2.51. The van der Waals surface area contributed by atoms with Crippen LogP contribution in [0.25, 0.3) is 0 Å². The third kappa shape index (κ3) is 6.83. The van der Waals surface area contributed by atoms with Gasteiger partial charge in [0.05, 0.1) is 0 Å². The summed E-state index contributed by atoms with van der Waals surface area (Å²) in [6, 6.07) is 13.2. The normalized spacial score (nSPS) is 15.1. The lowest BCUT2D eigenvalue weighted by Gasteiger charge is -2.31. The number of ether oxygens (including phenoxy) is 1. The van der Waals surface area contributed by atoms with Crippen molar-refractivity contribution in [2.24, 2.45) is 0 Å². The highest BCUT2D eigenvalue weighted by molar-refractivity contribution is 9.10. The molecule has 0 aromatic heterocycles. The van der Waals surface area contributed by atoms with Crippen molar-refractivity contribution in [3.63, 3.8) is 0 Å². The van der Waals surface area contributed by atoms with Gasteiger partial charge >= 0.3 is 0 Å². The van der Waals surface area contributed by atoms with Gasteiger partial charge in [0.25, 0.3) is 5.91 Å². The zero-order valence-electron chi connectivity index (χ0n) is 19.2. The van der Waals surface area contributed by atoms with E-state index in [1.165, 1.54) is 12.0 Å². The number of aryl methyl sites for hydroxylation is 2. The first-order chi connectivity index (χ1) is 15.3. The predicted octanol–water partition coefficient (Wildman–Crippen LogP) is 5.31. The first-order valence-corrected chi connectivity index (χ1v) is 12.2. The predicted molar refractivity (Wildman–Crippen MR) is 131 cm³/mol. The highest BCUT2D eigenvalue weighted by Crippen LogP contribution is 2.20. The zero-order valence-corrected chi connectivity index (χ0v) is 20.8. The third-order valence-corrected chi connectivity index (χ3v) is 6.75. The Morgan fingerprint density at radius 1 is 1.06 bits per heavy atom. The Balaban J connectivity index is 1.70. The summed E-state index contributed by atoms with van der Waals surface area (Å²) in [7, 11) is 0. The number of benzene rings is 2. The van der Waals surface area contributed by atoms with Crippen LogP contribution >= 0.6 is 15.9 Å². The van der Waals surface area contributed by atoms with E-state index in [9.17, 15) is 9.59 Å². The van der Waals surface area contributed by atoms with Crippen molar-refractivity contribution in [3.05, 3.63) is 63.6 Å². The minimum absolute atomic E-state index is 0.103. The molecule has 172 valence electrons. The highest BCUT2D eigenvalue weighted by Gasteiger charge is 2.28. The lowest BCUT2D eigenvalue weighted by molar-refractivity contribution is -0.142. The van der Waals surface area contributed by atoms with Crippen LogP contribution in [0.5, 0.6) is 5.75 Å². The van der Waals surface area contributed by atoms with E-state index in [1.807, 2.05) is 56.3 Å². The Morgan fingerprint density at radius 3 is 2.41 bits per heavy atom. The highest BCUT2D eigenvalue weighted by atomic mass is 79.9. The molecule has 0 bridgehead atoms. The van der Waals surface area contributed by atoms with Crippen molar-refractivity contribution in [1.29, 1.82) is 0 Å². The standard InChI is InChI=1S/C26H33BrN2O3/c1-18-9-14-24(15-19(18)2)32-17-25(30)29(16-21-10-12-22(27)13-11-21)20(3)26(31)28-23-7-5-4-6-8-23/h9-15,20,23H,4-8,16-17H2,1-3H3,(H,28,31). The number of hydrogen-bond acceptors (Lipinski definition) is 3. The molecule has 2 aromatic carbocycles. The summed E-state index contributed by atoms with van der Waals surface area (Å²) in [6.07, 6.45) is 5.53. The molecule has 1 aliphatic rings. The molecule has 32 heavy (non-hydrogen) atoms. The number of nitrogens with zero attached hydrogens (tertiary/aromatic N) is 1. The number of amides is 2. The summed E-state index contributed by atoms with van der Waals surface area (Å²) in [5, 5.41) is 3.16. The van der Waals surface area contributed by atoms with Crippen molar-refractivity contribution < 1.29 is 14.3 Å². The smallest absolute Gasteiger partial charge is 0.261 e. The summed E-state index contributed by atoms with van der Waals surface area (Å²) >= 11 is 3.44. The van der Waals surface area contributed by atoms with E-state index >= 15 is 0 Å². The maximum atomic E-state index is 13.2. The summed E-state index contributed by atoms with van der Waals surface area (Å²) in [5.74, 6) is 0.343. The second kappa shape index (κ2) is 11.5. The molecule has 1 fully saturated rings. The lowest BCUT2D eigenvalue weighted by atomic mass is 9.95. The largest absolute Gasteiger partial charge is 0.484 e. The minimum Gasteiger partial charge on any atom is -0.484 e. The molecule has 1 N–H and O–H groups in total. The third-order valence-electron chi connectivity index (χ3n) is 6.23. The van der Waals surface area contributed by atoms with E-state index in [-0.39, 0.29) is 24.5 Å². The van der Waals surface area contributed by atoms with E-state index in [1.54, 1.807) is 11.8 Å². The second-order valence-corrected chi connectivity index (χ2v) is 9.62. The summed E-state index contributed by atoms with van der Waals surface area (Å²) < 4.78 is 6.76. The van der Waals surface area contributed by atoms with Gasteiger partial charge in [0.2, 0.25) is 5.91 Å². The molecule has 6 heteroatoms. The van der Waals surface area contributed by atoms with Crippen LogP contribution in [0.1, 0.15) is 55.7 Å². The SMILES string of the molecule is Cc1ccc(OCC(=O)N(Cc2ccc(Br)cc2)C(C)C(=O)NC2CCCCC2)cc1C. The topological polar surface area (TPSA) is 58.6 Å². The monoisotopic (exact) mass is 500 g/mol. The number of carbonyl (C=O) groups excluding carboxylic acids is 2. The summed E-state index contributed by atoms with van der Waals surface area (Å²) in [4.78, 5) is 27.8. The Hall–Kier alpha value is -2.34. The van der Waals surface area contributed by atoms with E-state index in [0.717, 1.165) is 41.3 Å². The van der Waals surface area contributed by atoms with Gasteiger partial charge in [-0.3, -0.25) is 9.59 Å². The summed E-state index contributed by atoms with van der Waals surface area (Å²) in [5.41, 5.74) is 3.25. The van der Waals surface area contributed by atoms with Crippen LogP contribution in [0, 0.1) is 13.8 Å². The van der Waals surface area contributed by atoms with Gasteiger partial charge in [0, 0.05) is 17.1 Å². The molecule has 0 saturated heterocycles. The average Bonchev–Trinajstić information content (AvgIpc) is 2.79. The van der Waals surface area contributed by atoms with Gasteiger partial charge in [-0.15, -0.1) is 0 Å². The molecule has 1 atom stereocenters. The molecular weight excluding hydrogens is 468 g/mol. The van der Waals surface area contributed by atoms with Crippen LogP contribution in [0.3, 0.4) is 0 Å². The minimum atomic E-state index is -0.587. The van der Waals surface area contributed by atoms with Gasteiger partial charge in [-0.2, -0.15) is 0 Å². The van der Waals surface area contributed by atoms with Crippen LogP contribution in [0.2, 0.25) is 0 Å². The number of hydrogen-bond donors (Lipinski definition) is 1. The molecule has 3 rings (SSSR count). The molecule has 2 aromatic rings. The van der Waals surface area contributed by atoms with Crippen LogP contribution in [0.15, 0.2) is 46.9 Å². The Morgan fingerprint density at radius 2 is 1.75 bits per heavy atom. The van der Waals surface area contributed by atoms with Crippen LogP contribution in [-0.4, -0.2) is 35.4 Å². The van der Waals surface area contributed by atoms with Gasteiger partial charge in [0.15, 0.2) is 6.61 Å². The van der Waals surface area contributed by atoms with Crippen molar-refractivity contribution in [3.8, 4) is 5.75 Å². The Bertz CT molecular complexity index is 923. The van der Waals surface area contributed by atoms with Gasteiger partial charge in [-0.05, 0) is 74.6 Å². The fourth-order valence-electron chi connectivity index (χ4n) is 3.97. The maximum absolute atomic E-state index is 13.2. The molecular formula is C26H33BrN2O3. The molecule has 2 amide bonds. The van der Waals surface area contributed by atoms with Crippen molar-refractivity contribution in [2.45, 2.75) is 71.5 Å². The number of nitrogens with one attached hydrogen (secondary N) is 1. The molecule has 5 nitrogen and oxygen atoms in total. The molecule has 0 spiro atoms. The van der Waals surface area contributed by atoms with Crippen molar-refractivity contribution >= 4 is 27.7 Å².